The quantitative estimate of drug-likeness (QED) is 0.284. The molecule has 0 radical (unpaired) electrons. The summed E-state index contributed by atoms with van der Waals surface area (Å²) >= 11 is 14.3. The van der Waals surface area contributed by atoms with Gasteiger partial charge in [-0.15, -0.1) is 0 Å². The maximum Gasteiger partial charge on any atom is 0.213 e. The van der Waals surface area contributed by atoms with Crippen LogP contribution in [0.1, 0.15) is 35.4 Å². The molecule has 0 saturated heterocycles. The largest absolute Gasteiger partial charge is 0.463 e. The molecule has 0 spiro atoms. The summed E-state index contributed by atoms with van der Waals surface area (Å²) in [5, 5.41) is 7.11. The first-order valence-electron chi connectivity index (χ1n) is 9.02. The third kappa shape index (κ3) is 3.71. The van der Waals surface area contributed by atoms with E-state index >= 15 is 0 Å². The second-order valence-corrected chi connectivity index (χ2v) is 10.6. The molecule has 3 aromatic carbocycles. The molecular formula is C22H14Br4N2O. The number of rotatable bonds is 2. The van der Waals surface area contributed by atoms with E-state index in [1.807, 2.05) is 18.2 Å². The number of nitrogens with zero attached hydrogens (tertiary/aromatic N) is 2. The Hall–Kier alpha value is -1.15. The highest BCUT2D eigenvalue weighted by Gasteiger charge is 2.41. The summed E-state index contributed by atoms with van der Waals surface area (Å²) in [6, 6.07) is 20.8. The van der Waals surface area contributed by atoms with Gasteiger partial charge < -0.3 is 4.74 Å². The first-order valence-corrected chi connectivity index (χ1v) is 12.2. The molecule has 3 nitrogen and oxygen atoms in total. The highest BCUT2D eigenvalue weighted by Crippen LogP contribution is 2.50. The lowest BCUT2D eigenvalue weighted by Gasteiger charge is -2.38. The van der Waals surface area contributed by atoms with Gasteiger partial charge in [-0.2, -0.15) is 5.10 Å². The molecule has 0 unspecified atom stereocenters. The number of hydrogen-bond acceptors (Lipinski definition) is 3. The summed E-state index contributed by atoms with van der Waals surface area (Å²) in [6.07, 6.45) is 0.541. The molecule has 146 valence electrons. The van der Waals surface area contributed by atoms with Crippen molar-refractivity contribution in [2.75, 3.05) is 0 Å². The van der Waals surface area contributed by atoms with Crippen LogP contribution in [-0.4, -0.2) is 10.7 Å². The second-order valence-electron chi connectivity index (χ2n) is 6.98. The van der Waals surface area contributed by atoms with Crippen molar-refractivity contribution in [3.63, 3.8) is 0 Å². The molecule has 2 aliphatic heterocycles. The minimum atomic E-state index is -0.286. The van der Waals surface area contributed by atoms with Gasteiger partial charge in [0.05, 0.1) is 16.2 Å². The predicted octanol–water partition coefficient (Wildman–Crippen LogP) is 7.98. The van der Waals surface area contributed by atoms with Crippen molar-refractivity contribution in [3.8, 4) is 5.75 Å². The van der Waals surface area contributed by atoms with Crippen LogP contribution in [0.4, 0.5) is 0 Å². The average molecular weight is 642 g/mol. The lowest BCUT2D eigenvalue weighted by molar-refractivity contribution is -0.0197. The number of benzene rings is 3. The number of hydrogen-bond donors (Lipinski definition) is 0. The maximum absolute atomic E-state index is 6.49. The number of halogens is 4. The van der Waals surface area contributed by atoms with Crippen LogP contribution in [0.25, 0.3) is 0 Å². The SMILES string of the molecule is Brc1ccc(C2=NN3[C@@H](c4ccc(Br)cc4)Oc4c(Br)cc(Br)cc4[C@@H]3C2)cc1. The van der Waals surface area contributed by atoms with Crippen molar-refractivity contribution < 1.29 is 4.74 Å². The maximum atomic E-state index is 6.49. The molecule has 2 heterocycles. The Morgan fingerprint density at radius 2 is 1.48 bits per heavy atom. The Kier molecular flexibility index (Phi) is 5.35. The van der Waals surface area contributed by atoms with Crippen LogP contribution in [0, 0.1) is 0 Å². The van der Waals surface area contributed by atoms with Crippen LogP contribution in [0.2, 0.25) is 0 Å². The number of fused-ring (bicyclic) bond motifs is 3. The zero-order valence-electron chi connectivity index (χ0n) is 14.9. The van der Waals surface area contributed by atoms with E-state index in [9.17, 15) is 0 Å². The summed E-state index contributed by atoms with van der Waals surface area (Å²) in [7, 11) is 0. The van der Waals surface area contributed by atoms with E-state index in [4.69, 9.17) is 9.84 Å². The molecule has 2 atom stereocenters. The third-order valence-corrected chi connectivity index (χ3v) is 7.24. The van der Waals surface area contributed by atoms with E-state index in [0.717, 1.165) is 52.5 Å². The van der Waals surface area contributed by atoms with Gasteiger partial charge >= 0.3 is 0 Å². The van der Waals surface area contributed by atoms with Gasteiger partial charge in [0.1, 0.15) is 5.75 Å². The first kappa shape index (κ1) is 19.8. The molecule has 0 aliphatic carbocycles. The number of hydrazone groups is 1. The Morgan fingerprint density at radius 1 is 0.828 bits per heavy atom. The van der Waals surface area contributed by atoms with Gasteiger partial charge in [0.25, 0.3) is 0 Å². The monoisotopic (exact) mass is 638 g/mol. The van der Waals surface area contributed by atoms with E-state index in [-0.39, 0.29) is 12.3 Å². The van der Waals surface area contributed by atoms with Crippen molar-refractivity contribution in [1.82, 2.24) is 5.01 Å². The van der Waals surface area contributed by atoms with Crippen LogP contribution in [-0.2, 0) is 0 Å². The second kappa shape index (κ2) is 7.84. The van der Waals surface area contributed by atoms with Gasteiger partial charge in [-0.1, -0.05) is 72.1 Å². The topological polar surface area (TPSA) is 24.8 Å². The third-order valence-electron chi connectivity index (χ3n) is 5.14. The van der Waals surface area contributed by atoms with Gasteiger partial charge in [0, 0.05) is 31.0 Å². The lowest BCUT2D eigenvalue weighted by Crippen LogP contribution is -2.33. The van der Waals surface area contributed by atoms with E-state index in [0.29, 0.717) is 0 Å². The summed E-state index contributed by atoms with van der Waals surface area (Å²) in [6.45, 7) is 0. The zero-order valence-corrected chi connectivity index (χ0v) is 21.3. The fraction of sp³-hybridized carbons (Fsp3) is 0.136. The van der Waals surface area contributed by atoms with E-state index < -0.39 is 0 Å². The fourth-order valence-corrected chi connectivity index (χ4v) is 5.66. The Labute approximate surface area is 202 Å². The molecule has 2 aliphatic rings. The standard InChI is InChI=1S/C22H14Br4N2O/c23-14-5-1-12(2-6-14)19-11-20-17-9-16(25)10-18(26)21(17)29-22(28(20)27-19)13-3-7-15(24)8-4-13/h1-10,20,22H,11H2/t20-,22+/m0/s1. The Bertz CT molecular complexity index is 1110. The predicted molar refractivity (Wildman–Crippen MR) is 129 cm³/mol. The van der Waals surface area contributed by atoms with Crippen LogP contribution in [0.15, 0.2) is 83.7 Å². The number of ether oxygens (including phenoxy) is 1. The van der Waals surface area contributed by atoms with E-state index in [1.165, 1.54) is 0 Å². The highest BCUT2D eigenvalue weighted by atomic mass is 79.9. The van der Waals surface area contributed by atoms with Crippen LogP contribution in [0.3, 0.4) is 0 Å². The van der Waals surface area contributed by atoms with Crippen molar-refractivity contribution >= 4 is 69.4 Å². The molecular weight excluding hydrogens is 628 g/mol. The molecule has 0 N–H and O–H groups in total. The van der Waals surface area contributed by atoms with Gasteiger partial charge in [-0.05, 0) is 57.9 Å². The molecule has 0 saturated carbocycles. The zero-order chi connectivity index (χ0) is 20.1. The lowest BCUT2D eigenvalue weighted by atomic mass is 9.96. The van der Waals surface area contributed by atoms with Gasteiger partial charge in [0.2, 0.25) is 6.23 Å². The molecule has 5 rings (SSSR count). The summed E-state index contributed by atoms with van der Waals surface area (Å²) in [4.78, 5) is 0. The van der Waals surface area contributed by atoms with Crippen molar-refractivity contribution in [2.45, 2.75) is 18.7 Å². The van der Waals surface area contributed by atoms with Gasteiger partial charge in [-0.25, -0.2) is 5.01 Å². The van der Waals surface area contributed by atoms with Crippen LogP contribution in [0.5, 0.6) is 5.75 Å². The molecule has 0 fully saturated rings. The van der Waals surface area contributed by atoms with E-state index in [1.54, 1.807) is 0 Å². The normalized spacial score (nSPS) is 20.0. The minimum Gasteiger partial charge on any atom is -0.463 e. The van der Waals surface area contributed by atoms with Gasteiger partial charge in [-0.3, -0.25) is 0 Å². The van der Waals surface area contributed by atoms with Crippen molar-refractivity contribution in [3.05, 3.63) is 95.2 Å². The first-order chi connectivity index (χ1) is 14.0. The molecule has 7 heteroatoms. The summed E-state index contributed by atoms with van der Waals surface area (Å²) < 4.78 is 10.6. The van der Waals surface area contributed by atoms with Gasteiger partial charge in [0.15, 0.2) is 0 Å². The smallest absolute Gasteiger partial charge is 0.213 e. The molecule has 29 heavy (non-hydrogen) atoms. The Morgan fingerprint density at radius 3 is 2.17 bits per heavy atom. The van der Waals surface area contributed by atoms with Crippen molar-refractivity contribution in [2.24, 2.45) is 5.10 Å². The fourth-order valence-electron chi connectivity index (χ4n) is 3.78. The summed E-state index contributed by atoms with van der Waals surface area (Å²) in [5.41, 5.74) is 4.40. The molecule has 3 aromatic rings. The van der Waals surface area contributed by atoms with E-state index in [2.05, 4.69) is 111 Å². The van der Waals surface area contributed by atoms with Crippen molar-refractivity contribution in [1.29, 1.82) is 0 Å². The molecule has 0 bridgehead atoms. The van der Waals surface area contributed by atoms with Crippen LogP contribution >= 0.6 is 63.7 Å². The Balaban J connectivity index is 1.62. The average Bonchev–Trinajstić information content (AvgIpc) is 3.14. The highest BCUT2D eigenvalue weighted by molar-refractivity contribution is 9.11. The minimum absolute atomic E-state index is 0.111. The summed E-state index contributed by atoms with van der Waals surface area (Å²) in [5.74, 6) is 0.884. The molecule has 0 amide bonds. The molecule has 0 aromatic heterocycles. The van der Waals surface area contributed by atoms with Crippen LogP contribution < -0.4 is 4.74 Å².